The highest BCUT2D eigenvalue weighted by Gasteiger charge is 2.42. The first kappa shape index (κ1) is 16.3. The predicted octanol–water partition coefficient (Wildman–Crippen LogP) is 3.41. The summed E-state index contributed by atoms with van der Waals surface area (Å²) in [4.78, 5) is 24.0. The topological polar surface area (TPSA) is 79.5 Å². The van der Waals surface area contributed by atoms with Crippen LogP contribution in [0.5, 0.6) is 0 Å². The van der Waals surface area contributed by atoms with Gasteiger partial charge in [-0.25, -0.2) is 4.79 Å². The third-order valence-corrected chi connectivity index (χ3v) is 4.84. The third kappa shape index (κ3) is 2.94. The van der Waals surface area contributed by atoms with E-state index in [1.54, 1.807) is 6.92 Å². The van der Waals surface area contributed by atoms with E-state index in [0.717, 1.165) is 31.2 Å². The van der Waals surface area contributed by atoms with E-state index in [9.17, 15) is 9.59 Å². The van der Waals surface area contributed by atoms with Crippen LogP contribution in [0, 0.1) is 6.92 Å². The number of carbonyl (C=O) groups is 2. The standard InChI is InChI=1S/C19H21NO4/c1-13-16(17(21)22)11-15(24-13)12-20-18(23)19(9-5-6-10-19)14-7-3-2-4-8-14/h2-4,7-8,11H,5-6,9-10,12H2,1H3,(H,20,23)(H,21,22). The van der Waals surface area contributed by atoms with Gasteiger partial charge in [-0.3, -0.25) is 4.79 Å². The zero-order valence-corrected chi connectivity index (χ0v) is 13.7. The second kappa shape index (κ2) is 6.51. The molecule has 0 aliphatic heterocycles. The van der Waals surface area contributed by atoms with E-state index < -0.39 is 11.4 Å². The van der Waals surface area contributed by atoms with E-state index in [1.165, 1.54) is 6.07 Å². The van der Waals surface area contributed by atoms with Crippen LogP contribution in [0.15, 0.2) is 40.8 Å². The van der Waals surface area contributed by atoms with Gasteiger partial charge in [-0.2, -0.15) is 0 Å². The Morgan fingerprint density at radius 1 is 1.21 bits per heavy atom. The minimum absolute atomic E-state index is 0.0165. The molecule has 2 N–H and O–H groups in total. The van der Waals surface area contributed by atoms with E-state index in [0.29, 0.717) is 11.5 Å². The van der Waals surface area contributed by atoms with Crippen molar-refractivity contribution in [1.29, 1.82) is 0 Å². The number of rotatable bonds is 5. The van der Waals surface area contributed by atoms with Gasteiger partial charge in [0.05, 0.1) is 12.0 Å². The zero-order valence-electron chi connectivity index (χ0n) is 13.7. The molecule has 0 unspecified atom stereocenters. The molecule has 1 aliphatic rings. The van der Waals surface area contributed by atoms with Crippen molar-refractivity contribution >= 4 is 11.9 Å². The molecule has 0 saturated heterocycles. The molecular formula is C19H21NO4. The smallest absolute Gasteiger partial charge is 0.339 e. The van der Waals surface area contributed by atoms with Crippen LogP contribution in [-0.4, -0.2) is 17.0 Å². The van der Waals surface area contributed by atoms with E-state index in [-0.39, 0.29) is 18.0 Å². The van der Waals surface area contributed by atoms with Gasteiger partial charge < -0.3 is 14.8 Å². The molecule has 0 spiro atoms. The lowest BCUT2D eigenvalue weighted by atomic mass is 9.78. The number of carboxylic acids is 1. The molecule has 1 amide bonds. The highest BCUT2D eigenvalue weighted by atomic mass is 16.4. The fraction of sp³-hybridized carbons (Fsp3) is 0.368. The fourth-order valence-electron chi connectivity index (χ4n) is 3.56. The number of furan rings is 1. The lowest BCUT2D eigenvalue weighted by Gasteiger charge is -2.28. The number of amides is 1. The Balaban J connectivity index is 1.76. The number of benzene rings is 1. The Morgan fingerprint density at radius 3 is 2.46 bits per heavy atom. The molecule has 5 nitrogen and oxygen atoms in total. The number of hydrogen-bond acceptors (Lipinski definition) is 3. The Morgan fingerprint density at radius 2 is 1.88 bits per heavy atom. The molecular weight excluding hydrogens is 306 g/mol. The van der Waals surface area contributed by atoms with Gasteiger partial charge in [0.15, 0.2) is 0 Å². The summed E-state index contributed by atoms with van der Waals surface area (Å²) in [5.74, 6) is -0.229. The summed E-state index contributed by atoms with van der Waals surface area (Å²) in [6.45, 7) is 1.80. The molecule has 0 radical (unpaired) electrons. The summed E-state index contributed by atoms with van der Waals surface area (Å²) in [5, 5.41) is 12.0. The van der Waals surface area contributed by atoms with Crippen LogP contribution in [0.4, 0.5) is 0 Å². The van der Waals surface area contributed by atoms with Crippen molar-refractivity contribution < 1.29 is 19.1 Å². The summed E-state index contributed by atoms with van der Waals surface area (Å²) in [7, 11) is 0. The van der Waals surface area contributed by atoms with Crippen LogP contribution < -0.4 is 5.32 Å². The van der Waals surface area contributed by atoms with Crippen molar-refractivity contribution in [2.24, 2.45) is 0 Å². The van der Waals surface area contributed by atoms with Gasteiger partial charge >= 0.3 is 5.97 Å². The molecule has 1 aromatic carbocycles. The van der Waals surface area contributed by atoms with Crippen molar-refractivity contribution in [3.8, 4) is 0 Å². The maximum Gasteiger partial charge on any atom is 0.339 e. The minimum atomic E-state index is -1.02. The molecule has 1 heterocycles. The predicted molar refractivity (Wildman–Crippen MR) is 88.8 cm³/mol. The van der Waals surface area contributed by atoms with Crippen molar-refractivity contribution in [1.82, 2.24) is 5.32 Å². The van der Waals surface area contributed by atoms with Gasteiger partial charge in [0.2, 0.25) is 5.91 Å². The number of carboxylic acid groups (broad SMARTS) is 1. The average molecular weight is 327 g/mol. The monoisotopic (exact) mass is 327 g/mol. The highest BCUT2D eigenvalue weighted by Crippen LogP contribution is 2.41. The van der Waals surface area contributed by atoms with Gasteiger partial charge in [-0.1, -0.05) is 43.2 Å². The number of hydrogen-bond donors (Lipinski definition) is 2. The van der Waals surface area contributed by atoms with Crippen molar-refractivity contribution in [2.45, 2.75) is 44.6 Å². The summed E-state index contributed by atoms with van der Waals surface area (Å²) in [6.07, 6.45) is 3.73. The first-order valence-corrected chi connectivity index (χ1v) is 8.19. The number of nitrogens with one attached hydrogen (secondary N) is 1. The Bertz CT molecular complexity index is 742. The molecule has 5 heteroatoms. The van der Waals surface area contributed by atoms with Gasteiger partial charge in [-0.05, 0) is 31.4 Å². The average Bonchev–Trinajstić information content (AvgIpc) is 3.21. The lowest BCUT2D eigenvalue weighted by Crippen LogP contribution is -2.42. The van der Waals surface area contributed by atoms with Crippen LogP contribution in [0.3, 0.4) is 0 Å². The van der Waals surface area contributed by atoms with Crippen LogP contribution in [0.2, 0.25) is 0 Å². The van der Waals surface area contributed by atoms with Crippen LogP contribution in [-0.2, 0) is 16.8 Å². The van der Waals surface area contributed by atoms with Gasteiger partial charge in [-0.15, -0.1) is 0 Å². The summed E-state index contributed by atoms with van der Waals surface area (Å²) in [6, 6.07) is 11.3. The molecule has 0 bridgehead atoms. The summed E-state index contributed by atoms with van der Waals surface area (Å²) >= 11 is 0. The van der Waals surface area contributed by atoms with Gasteiger partial charge in [0, 0.05) is 0 Å². The number of aromatic carboxylic acids is 1. The second-order valence-electron chi connectivity index (χ2n) is 6.33. The minimum Gasteiger partial charge on any atom is -0.478 e. The highest BCUT2D eigenvalue weighted by molar-refractivity contribution is 5.89. The molecule has 1 saturated carbocycles. The maximum atomic E-state index is 12.9. The van der Waals surface area contributed by atoms with Gasteiger partial charge in [0.1, 0.15) is 17.1 Å². The Kier molecular flexibility index (Phi) is 4.42. The van der Waals surface area contributed by atoms with E-state index >= 15 is 0 Å². The molecule has 1 aliphatic carbocycles. The van der Waals surface area contributed by atoms with E-state index in [2.05, 4.69) is 5.32 Å². The zero-order chi connectivity index (χ0) is 17.2. The molecule has 2 aromatic rings. The Hall–Kier alpha value is -2.56. The van der Waals surface area contributed by atoms with Crippen molar-refractivity contribution in [3.63, 3.8) is 0 Å². The Labute approximate surface area is 140 Å². The fourth-order valence-corrected chi connectivity index (χ4v) is 3.56. The quantitative estimate of drug-likeness (QED) is 0.882. The van der Waals surface area contributed by atoms with Crippen LogP contribution >= 0.6 is 0 Å². The summed E-state index contributed by atoms with van der Waals surface area (Å²) in [5.41, 5.74) is 0.693. The largest absolute Gasteiger partial charge is 0.478 e. The molecule has 1 fully saturated rings. The van der Waals surface area contributed by atoms with E-state index in [4.69, 9.17) is 9.52 Å². The summed E-state index contributed by atoms with van der Waals surface area (Å²) < 4.78 is 5.43. The molecule has 24 heavy (non-hydrogen) atoms. The normalized spacial score (nSPS) is 16.0. The number of aryl methyl sites for hydroxylation is 1. The molecule has 3 rings (SSSR count). The number of carbonyl (C=O) groups excluding carboxylic acids is 1. The maximum absolute atomic E-state index is 12.9. The van der Waals surface area contributed by atoms with E-state index in [1.807, 2.05) is 30.3 Å². The van der Waals surface area contributed by atoms with Crippen LogP contribution in [0.25, 0.3) is 0 Å². The molecule has 0 atom stereocenters. The first-order chi connectivity index (χ1) is 11.5. The van der Waals surface area contributed by atoms with Crippen LogP contribution in [0.1, 0.15) is 53.1 Å². The first-order valence-electron chi connectivity index (χ1n) is 8.19. The lowest BCUT2D eigenvalue weighted by molar-refractivity contribution is -0.126. The van der Waals surface area contributed by atoms with Crippen molar-refractivity contribution in [3.05, 3.63) is 59.0 Å². The van der Waals surface area contributed by atoms with Crippen molar-refractivity contribution in [2.75, 3.05) is 0 Å². The molecule has 1 aromatic heterocycles. The SMILES string of the molecule is Cc1oc(CNC(=O)C2(c3ccccc3)CCCC2)cc1C(=O)O. The second-order valence-corrected chi connectivity index (χ2v) is 6.33. The molecule has 126 valence electrons. The van der Waals surface area contributed by atoms with Gasteiger partial charge in [0.25, 0.3) is 0 Å². The third-order valence-electron chi connectivity index (χ3n) is 4.84.